The molecule has 0 spiro atoms. The molecule has 1 aromatic heterocycles. The Labute approximate surface area is 122 Å². The summed E-state index contributed by atoms with van der Waals surface area (Å²) >= 11 is 0. The third kappa shape index (κ3) is 4.23. The van der Waals surface area contributed by atoms with Crippen LogP contribution in [0.15, 0.2) is 16.5 Å². The fraction of sp³-hybridized carbons (Fsp3) is 0.733. The van der Waals surface area contributed by atoms with Gasteiger partial charge in [0.05, 0.1) is 5.92 Å². The Hall–Kier alpha value is -1.01. The lowest BCUT2D eigenvalue weighted by atomic mass is 9.85. The minimum Gasteiger partial charge on any atom is -0.463 e. The lowest BCUT2D eigenvalue weighted by Crippen LogP contribution is -2.44. The van der Waals surface area contributed by atoms with Gasteiger partial charge in [-0.3, -0.25) is 0 Å². The molecule has 0 bridgehead atoms. The number of rotatable bonds is 4. The van der Waals surface area contributed by atoms with E-state index in [0.29, 0.717) is 24.4 Å². The van der Waals surface area contributed by atoms with Crippen molar-refractivity contribution in [1.29, 1.82) is 0 Å². The number of aryl methyl sites for hydroxylation is 1. The van der Waals surface area contributed by atoms with E-state index in [-0.39, 0.29) is 25.4 Å². The van der Waals surface area contributed by atoms with E-state index in [1.54, 1.807) is 26.0 Å². The molecule has 2 rings (SSSR count). The lowest BCUT2D eigenvalue weighted by molar-refractivity contribution is -0.183. The summed E-state index contributed by atoms with van der Waals surface area (Å²) in [7, 11) is 0. The minimum atomic E-state index is -4.12. The summed E-state index contributed by atoms with van der Waals surface area (Å²) in [5.74, 6) is -0.115. The van der Waals surface area contributed by atoms with Gasteiger partial charge in [-0.05, 0) is 45.2 Å². The van der Waals surface area contributed by atoms with Crippen LogP contribution in [-0.4, -0.2) is 23.9 Å². The van der Waals surface area contributed by atoms with Gasteiger partial charge in [0, 0.05) is 12.6 Å². The van der Waals surface area contributed by atoms with Gasteiger partial charge >= 0.3 is 6.18 Å². The number of halogens is 3. The van der Waals surface area contributed by atoms with Gasteiger partial charge in [0.1, 0.15) is 17.1 Å². The highest BCUT2D eigenvalue weighted by atomic mass is 19.4. The molecule has 3 atom stereocenters. The summed E-state index contributed by atoms with van der Waals surface area (Å²) in [6.07, 6.45) is -2.57. The normalized spacial score (nSPS) is 26.6. The molecular weight excluding hydrogens is 283 g/mol. The van der Waals surface area contributed by atoms with E-state index >= 15 is 0 Å². The molecule has 1 heterocycles. The quantitative estimate of drug-likeness (QED) is 0.895. The van der Waals surface area contributed by atoms with E-state index in [9.17, 15) is 18.3 Å². The lowest BCUT2D eigenvalue weighted by Gasteiger charge is -2.33. The van der Waals surface area contributed by atoms with E-state index in [1.165, 1.54) is 0 Å². The van der Waals surface area contributed by atoms with E-state index in [0.717, 1.165) is 0 Å². The van der Waals surface area contributed by atoms with Gasteiger partial charge in [-0.15, -0.1) is 0 Å². The van der Waals surface area contributed by atoms with Gasteiger partial charge in [-0.1, -0.05) is 6.42 Å². The zero-order chi connectivity index (χ0) is 15.7. The predicted octanol–water partition coefficient (Wildman–Crippen LogP) is 3.51. The zero-order valence-corrected chi connectivity index (χ0v) is 12.3. The van der Waals surface area contributed by atoms with Gasteiger partial charge < -0.3 is 14.8 Å². The van der Waals surface area contributed by atoms with Crippen LogP contribution in [0.1, 0.15) is 44.1 Å². The molecule has 0 aliphatic heterocycles. The summed E-state index contributed by atoms with van der Waals surface area (Å²) in [5.41, 5.74) is -1.22. The number of furan rings is 1. The van der Waals surface area contributed by atoms with Crippen LogP contribution in [-0.2, 0) is 5.60 Å². The Morgan fingerprint density at radius 3 is 2.62 bits per heavy atom. The molecule has 3 nitrogen and oxygen atoms in total. The summed E-state index contributed by atoms with van der Waals surface area (Å²) in [4.78, 5) is 0. The first-order valence-electron chi connectivity index (χ1n) is 7.28. The molecule has 2 N–H and O–H groups in total. The maximum Gasteiger partial charge on any atom is 0.391 e. The first-order chi connectivity index (χ1) is 9.68. The summed E-state index contributed by atoms with van der Waals surface area (Å²) in [5, 5.41) is 13.4. The number of alkyl halides is 3. The van der Waals surface area contributed by atoms with Crippen molar-refractivity contribution in [2.75, 3.05) is 6.54 Å². The van der Waals surface area contributed by atoms with Crippen LogP contribution in [0, 0.1) is 12.8 Å². The maximum atomic E-state index is 12.8. The first-order valence-corrected chi connectivity index (χ1v) is 7.28. The largest absolute Gasteiger partial charge is 0.463 e. The molecule has 0 radical (unpaired) electrons. The smallest absolute Gasteiger partial charge is 0.391 e. The molecule has 21 heavy (non-hydrogen) atoms. The number of hydrogen-bond acceptors (Lipinski definition) is 3. The Kier molecular flexibility index (Phi) is 4.68. The molecule has 0 saturated heterocycles. The molecule has 1 aromatic rings. The topological polar surface area (TPSA) is 45.4 Å². The van der Waals surface area contributed by atoms with E-state index in [1.807, 2.05) is 0 Å². The molecule has 1 aliphatic carbocycles. The number of aliphatic hydroxyl groups is 1. The highest BCUT2D eigenvalue weighted by molar-refractivity contribution is 5.13. The van der Waals surface area contributed by atoms with Gasteiger partial charge in [-0.25, -0.2) is 0 Å². The Morgan fingerprint density at radius 1 is 1.33 bits per heavy atom. The van der Waals surface area contributed by atoms with Gasteiger partial charge in [-0.2, -0.15) is 13.2 Å². The molecule has 1 saturated carbocycles. The van der Waals surface area contributed by atoms with E-state index < -0.39 is 17.7 Å². The highest BCUT2D eigenvalue weighted by Gasteiger charge is 2.42. The molecular formula is C15H22F3NO2. The van der Waals surface area contributed by atoms with E-state index in [4.69, 9.17) is 4.42 Å². The zero-order valence-electron chi connectivity index (χ0n) is 12.3. The maximum absolute atomic E-state index is 12.8. The standard InChI is InChI=1S/C15H22F3NO2/c1-10-6-7-13(21-10)14(2,20)9-19-12-5-3-4-11(8-12)15(16,17)18/h6-7,11-12,19-20H,3-5,8-9H2,1-2H3/t11-,12+,14+/m0/s1. The van der Waals surface area contributed by atoms with Crippen LogP contribution in [0.4, 0.5) is 13.2 Å². The Morgan fingerprint density at radius 2 is 2.05 bits per heavy atom. The SMILES string of the molecule is Cc1ccc([C@](C)(O)CN[C@@H]2CCC[C@H](C(F)(F)F)C2)o1. The minimum absolute atomic E-state index is 0.0801. The van der Waals surface area contributed by atoms with Crippen LogP contribution in [0.2, 0.25) is 0 Å². The van der Waals surface area contributed by atoms with Crippen molar-refractivity contribution in [3.8, 4) is 0 Å². The fourth-order valence-corrected chi connectivity index (χ4v) is 2.83. The first kappa shape index (κ1) is 16.4. The van der Waals surface area contributed by atoms with Crippen molar-refractivity contribution in [1.82, 2.24) is 5.32 Å². The molecule has 1 aliphatic rings. The summed E-state index contributed by atoms with van der Waals surface area (Å²) in [6, 6.07) is 3.23. The van der Waals surface area contributed by atoms with Crippen molar-refractivity contribution in [2.24, 2.45) is 5.92 Å². The molecule has 6 heteroatoms. The second-order valence-electron chi connectivity index (χ2n) is 6.17. The molecule has 120 valence electrons. The van der Waals surface area contributed by atoms with Gasteiger partial charge in [0.25, 0.3) is 0 Å². The Bertz CT molecular complexity index is 468. The molecule has 0 unspecified atom stereocenters. The van der Waals surface area contributed by atoms with Crippen LogP contribution in [0.5, 0.6) is 0 Å². The van der Waals surface area contributed by atoms with Crippen LogP contribution < -0.4 is 5.32 Å². The summed E-state index contributed by atoms with van der Waals surface area (Å²) in [6.45, 7) is 3.56. The summed E-state index contributed by atoms with van der Waals surface area (Å²) < 4.78 is 43.7. The van der Waals surface area contributed by atoms with Crippen molar-refractivity contribution in [3.63, 3.8) is 0 Å². The molecule has 1 fully saturated rings. The highest BCUT2D eigenvalue weighted by Crippen LogP contribution is 2.37. The molecule has 0 aromatic carbocycles. The third-order valence-corrected chi connectivity index (χ3v) is 4.14. The van der Waals surface area contributed by atoms with Gasteiger partial charge in [0.2, 0.25) is 0 Å². The number of nitrogens with one attached hydrogen (secondary N) is 1. The molecule has 0 amide bonds. The second kappa shape index (κ2) is 6.01. The average Bonchev–Trinajstić information content (AvgIpc) is 2.83. The monoisotopic (exact) mass is 305 g/mol. The second-order valence-corrected chi connectivity index (χ2v) is 6.17. The van der Waals surface area contributed by atoms with Crippen molar-refractivity contribution in [2.45, 2.75) is 57.3 Å². The Balaban J connectivity index is 1.90. The predicted molar refractivity (Wildman–Crippen MR) is 72.8 cm³/mol. The average molecular weight is 305 g/mol. The number of hydrogen-bond donors (Lipinski definition) is 2. The van der Waals surface area contributed by atoms with Crippen LogP contribution >= 0.6 is 0 Å². The fourth-order valence-electron chi connectivity index (χ4n) is 2.83. The van der Waals surface area contributed by atoms with Crippen LogP contribution in [0.3, 0.4) is 0 Å². The van der Waals surface area contributed by atoms with Crippen molar-refractivity contribution in [3.05, 3.63) is 23.7 Å². The van der Waals surface area contributed by atoms with Crippen molar-refractivity contribution >= 4 is 0 Å². The van der Waals surface area contributed by atoms with Crippen LogP contribution in [0.25, 0.3) is 0 Å². The van der Waals surface area contributed by atoms with E-state index in [2.05, 4.69) is 5.32 Å². The third-order valence-electron chi connectivity index (χ3n) is 4.14. The van der Waals surface area contributed by atoms with Gasteiger partial charge in [0.15, 0.2) is 0 Å². The van der Waals surface area contributed by atoms with Crippen molar-refractivity contribution < 1.29 is 22.7 Å².